The molecule has 0 bridgehead atoms. The Morgan fingerprint density at radius 3 is 2.80 bits per heavy atom. The molecule has 1 fully saturated rings. The SMILES string of the molecule is COCC1CCCN(c2nc(C(C)C)nc(Cl)c2C)C1. The number of ether oxygens (including phenoxy) is 1. The topological polar surface area (TPSA) is 38.2 Å². The number of aromatic nitrogens is 2. The van der Waals surface area contributed by atoms with Gasteiger partial charge in [-0.2, -0.15) is 0 Å². The smallest absolute Gasteiger partial charge is 0.137 e. The Morgan fingerprint density at radius 2 is 2.15 bits per heavy atom. The molecule has 20 heavy (non-hydrogen) atoms. The minimum absolute atomic E-state index is 0.284. The van der Waals surface area contributed by atoms with Crippen LogP contribution in [0.1, 0.15) is 44.0 Å². The summed E-state index contributed by atoms with van der Waals surface area (Å²) in [6, 6.07) is 0. The highest BCUT2D eigenvalue weighted by molar-refractivity contribution is 6.30. The summed E-state index contributed by atoms with van der Waals surface area (Å²) in [6.07, 6.45) is 2.39. The van der Waals surface area contributed by atoms with Crippen molar-refractivity contribution < 1.29 is 4.74 Å². The van der Waals surface area contributed by atoms with Crippen molar-refractivity contribution in [3.05, 3.63) is 16.5 Å². The third kappa shape index (κ3) is 3.41. The first-order valence-electron chi connectivity index (χ1n) is 7.30. The van der Waals surface area contributed by atoms with Gasteiger partial charge in [0.25, 0.3) is 0 Å². The predicted octanol–water partition coefficient (Wildman–Crippen LogP) is 3.42. The van der Waals surface area contributed by atoms with Gasteiger partial charge in [-0.05, 0) is 25.7 Å². The van der Waals surface area contributed by atoms with Gasteiger partial charge in [-0.3, -0.25) is 0 Å². The lowest BCUT2D eigenvalue weighted by atomic mass is 9.98. The van der Waals surface area contributed by atoms with Crippen LogP contribution in [0.25, 0.3) is 0 Å². The van der Waals surface area contributed by atoms with E-state index in [1.807, 2.05) is 6.92 Å². The number of methoxy groups -OCH3 is 1. The van der Waals surface area contributed by atoms with Gasteiger partial charge >= 0.3 is 0 Å². The van der Waals surface area contributed by atoms with Crippen LogP contribution < -0.4 is 4.90 Å². The molecule has 0 aromatic carbocycles. The molecule has 1 aromatic heterocycles. The Kier molecular flexibility index (Phi) is 5.22. The van der Waals surface area contributed by atoms with Gasteiger partial charge in [0.1, 0.15) is 16.8 Å². The molecular formula is C15H24ClN3O. The Bertz CT molecular complexity index is 463. The van der Waals surface area contributed by atoms with E-state index in [4.69, 9.17) is 21.3 Å². The van der Waals surface area contributed by atoms with Gasteiger partial charge in [-0.25, -0.2) is 9.97 Å². The second-order valence-corrected chi connectivity index (χ2v) is 6.24. The summed E-state index contributed by atoms with van der Waals surface area (Å²) < 4.78 is 5.30. The number of nitrogens with zero attached hydrogens (tertiary/aromatic N) is 3. The Hall–Kier alpha value is -0.870. The van der Waals surface area contributed by atoms with Crippen molar-refractivity contribution >= 4 is 17.4 Å². The van der Waals surface area contributed by atoms with Crippen molar-refractivity contribution in [2.24, 2.45) is 5.92 Å². The molecule has 0 N–H and O–H groups in total. The number of hydrogen-bond donors (Lipinski definition) is 0. The highest BCUT2D eigenvalue weighted by atomic mass is 35.5. The second-order valence-electron chi connectivity index (χ2n) is 5.89. The summed E-state index contributed by atoms with van der Waals surface area (Å²) in [5.74, 6) is 2.68. The van der Waals surface area contributed by atoms with Crippen LogP contribution in [0.2, 0.25) is 5.15 Å². The fraction of sp³-hybridized carbons (Fsp3) is 0.733. The van der Waals surface area contributed by atoms with E-state index in [2.05, 4.69) is 23.7 Å². The first-order valence-corrected chi connectivity index (χ1v) is 7.68. The average Bonchev–Trinajstić information content (AvgIpc) is 2.42. The maximum absolute atomic E-state index is 6.28. The zero-order valence-electron chi connectivity index (χ0n) is 12.8. The minimum atomic E-state index is 0.284. The van der Waals surface area contributed by atoms with Crippen LogP contribution in [0.4, 0.5) is 5.82 Å². The van der Waals surface area contributed by atoms with E-state index in [1.54, 1.807) is 7.11 Å². The van der Waals surface area contributed by atoms with Crippen molar-refractivity contribution in [2.75, 3.05) is 31.7 Å². The van der Waals surface area contributed by atoms with E-state index in [9.17, 15) is 0 Å². The van der Waals surface area contributed by atoms with Crippen molar-refractivity contribution in [1.82, 2.24) is 9.97 Å². The minimum Gasteiger partial charge on any atom is -0.384 e. The van der Waals surface area contributed by atoms with Crippen LogP contribution in [-0.4, -0.2) is 36.8 Å². The van der Waals surface area contributed by atoms with Gasteiger partial charge in [-0.1, -0.05) is 25.4 Å². The molecule has 2 heterocycles. The zero-order chi connectivity index (χ0) is 14.7. The maximum Gasteiger partial charge on any atom is 0.137 e. The van der Waals surface area contributed by atoms with Crippen LogP contribution in [-0.2, 0) is 4.74 Å². The van der Waals surface area contributed by atoms with E-state index in [1.165, 1.54) is 12.8 Å². The number of halogens is 1. The first kappa shape index (κ1) is 15.5. The third-order valence-electron chi connectivity index (χ3n) is 3.82. The Labute approximate surface area is 126 Å². The molecule has 1 unspecified atom stereocenters. The van der Waals surface area contributed by atoms with Crippen LogP contribution in [0, 0.1) is 12.8 Å². The quantitative estimate of drug-likeness (QED) is 0.798. The molecule has 0 aliphatic carbocycles. The van der Waals surface area contributed by atoms with Crippen LogP contribution in [0.5, 0.6) is 0 Å². The lowest BCUT2D eigenvalue weighted by Crippen LogP contribution is -2.38. The Morgan fingerprint density at radius 1 is 1.40 bits per heavy atom. The van der Waals surface area contributed by atoms with Gasteiger partial charge in [0.05, 0.1) is 6.61 Å². The molecule has 0 saturated carbocycles. The van der Waals surface area contributed by atoms with Crippen LogP contribution >= 0.6 is 11.6 Å². The molecule has 1 aliphatic rings. The molecule has 0 radical (unpaired) electrons. The van der Waals surface area contributed by atoms with Gasteiger partial charge in [0.2, 0.25) is 0 Å². The highest BCUT2D eigenvalue weighted by Crippen LogP contribution is 2.29. The van der Waals surface area contributed by atoms with Gasteiger partial charge in [0.15, 0.2) is 0 Å². The fourth-order valence-corrected chi connectivity index (χ4v) is 2.86. The van der Waals surface area contributed by atoms with E-state index in [0.717, 1.165) is 36.9 Å². The first-order chi connectivity index (χ1) is 9.52. The van der Waals surface area contributed by atoms with Crippen molar-refractivity contribution in [3.8, 4) is 0 Å². The second kappa shape index (κ2) is 6.72. The molecule has 1 atom stereocenters. The van der Waals surface area contributed by atoms with Gasteiger partial charge < -0.3 is 9.64 Å². The molecule has 2 rings (SSSR count). The largest absolute Gasteiger partial charge is 0.384 e. The van der Waals surface area contributed by atoms with Gasteiger partial charge in [-0.15, -0.1) is 0 Å². The Balaban J connectivity index is 2.26. The monoisotopic (exact) mass is 297 g/mol. The van der Waals surface area contributed by atoms with Crippen LogP contribution in [0.15, 0.2) is 0 Å². The number of hydrogen-bond acceptors (Lipinski definition) is 4. The highest BCUT2D eigenvalue weighted by Gasteiger charge is 2.24. The van der Waals surface area contributed by atoms with Crippen molar-refractivity contribution in [1.29, 1.82) is 0 Å². The summed E-state index contributed by atoms with van der Waals surface area (Å²) >= 11 is 6.28. The van der Waals surface area contributed by atoms with E-state index in [0.29, 0.717) is 11.1 Å². The van der Waals surface area contributed by atoms with E-state index < -0.39 is 0 Å². The lowest BCUT2D eigenvalue weighted by molar-refractivity contribution is 0.143. The van der Waals surface area contributed by atoms with E-state index >= 15 is 0 Å². The molecule has 1 aliphatic heterocycles. The third-order valence-corrected chi connectivity index (χ3v) is 4.18. The number of anilines is 1. The van der Waals surface area contributed by atoms with E-state index in [-0.39, 0.29) is 5.92 Å². The fourth-order valence-electron chi connectivity index (χ4n) is 2.69. The molecule has 5 heteroatoms. The van der Waals surface area contributed by atoms with Crippen molar-refractivity contribution in [2.45, 2.75) is 39.5 Å². The normalized spacial score (nSPS) is 19.7. The molecular weight excluding hydrogens is 274 g/mol. The standard InChI is InChI=1S/C15H24ClN3O/c1-10(2)14-17-13(16)11(3)15(18-14)19-7-5-6-12(8-19)9-20-4/h10,12H,5-9H2,1-4H3. The lowest BCUT2D eigenvalue weighted by Gasteiger charge is -2.34. The summed E-state index contributed by atoms with van der Waals surface area (Å²) in [6.45, 7) is 9.02. The zero-order valence-corrected chi connectivity index (χ0v) is 13.6. The summed E-state index contributed by atoms with van der Waals surface area (Å²) in [4.78, 5) is 11.5. The molecule has 0 spiro atoms. The van der Waals surface area contributed by atoms with Crippen molar-refractivity contribution in [3.63, 3.8) is 0 Å². The molecule has 112 valence electrons. The summed E-state index contributed by atoms with van der Waals surface area (Å²) in [7, 11) is 1.77. The summed E-state index contributed by atoms with van der Waals surface area (Å²) in [5, 5.41) is 0.576. The number of rotatable bonds is 4. The molecule has 4 nitrogen and oxygen atoms in total. The summed E-state index contributed by atoms with van der Waals surface area (Å²) in [5.41, 5.74) is 0.981. The molecule has 0 amide bonds. The van der Waals surface area contributed by atoms with Crippen LogP contribution in [0.3, 0.4) is 0 Å². The maximum atomic E-state index is 6.28. The molecule has 1 aromatic rings. The molecule has 1 saturated heterocycles. The average molecular weight is 298 g/mol. The predicted molar refractivity (Wildman–Crippen MR) is 82.7 cm³/mol. The number of piperidine rings is 1. The van der Waals surface area contributed by atoms with Gasteiger partial charge in [0, 0.05) is 31.7 Å².